The van der Waals surface area contributed by atoms with Crippen molar-refractivity contribution in [3.8, 4) is 33.6 Å². The molecule has 0 bridgehead atoms. The Labute approximate surface area is 187 Å². The van der Waals surface area contributed by atoms with Crippen LogP contribution in [0.3, 0.4) is 0 Å². The lowest BCUT2D eigenvalue weighted by molar-refractivity contribution is 0.415. The number of H-pyrrole nitrogens is 1. The summed E-state index contributed by atoms with van der Waals surface area (Å²) in [6, 6.07) is 19.1. The quantitative estimate of drug-likeness (QED) is 0.329. The first kappa shape index (κ1) is 20.8. The summed E-state index contributed by atoms with van der Waals surface area (Å²) in [5.74, 6) is 1.31. The molecule has 154 valence electrons. The number of nitriles is 1. The van der Waals surface area contributed by atoms with Gasteiger partial charge in [-0.25, -0.2) is 9.97 Å². The summed E-state index contributed by atoms with van der Waals surface area (Å²) < 4.78 is 5.18. The molecule has 0 amide bonds. The molecule has 0 fully saturated rings. The van der Waals surface area contributed by atoms with Gasteiger partial charge in [0.1, 0.15) is 22.4 Å². The Bertz CT molecular complexity index is 1310. The lowest BCUT2D eigenvalue weighted by Gasteiger charge is -2.07. The van der Waals surface area contributed by atoms with Gasteiger partial charge in [-0.1, -0.05) is 42.1 Å². The number of aromatic nitrogens is 3. The predicted molar refractivity (Wildman–Crippen MR) is 123 cm³/mol. The number of thiazole rings is 1. The number of benzene rings is 2. The van der Waals surface area contributed by atoms with Gasteiger partial charge in [0.25, 0.3) is 5.56 Å². The van der Waals surface area contributed by atoms with Crippen molar-refractivity contribution in [1.29, 1.82) is 5.26 Å². The second-order valence-electron chi connectivity index (χ2n) is 6.62. The third kappa shape index (κ3) is 4.53. The van der Waals surface area contributed by atoms with Gasteiger partial charge in [-0.05, 0) is 31.2 Å². The Morgan fingerprint density at radius 2 is 1.84 bits per heavy atom. The number of aryl methyl sites for hydroxylation is 1. The van der Waals surface area contributed by atoms with Gasteiger partial charge < -0.3 is 9.72 Å². The van der Waals surface area contributed by atoms with Gasteiger partial charge in [-0.2, -0.15) is 5.26 Å². The van der Waals surface area contributed by atoms with Crippen LogP contribution < -0.4 is 10.3 Å². The number of nitrogens with one attached hydrogen (secondary N) is 1. The van der Waals surface area contributed by atoms with Crippen molar-refractivity contribution < 1.29 is 4.74 Å². The van der Waals surface area contributed by atoms with Crippen LogP contribution in [0.25, 0.3) is 21.8 Å². The third-order valence-corrected chi connectivity index (χ3v) is 6.92. The van der Waals surface area contributed by atoms with E-state index in [-0.39, 0.29) is 5.56 Å². The van der Waals surface area contributed by atoms with Crippen LogP contribution in [0.1, 0.15) is 16.1 Å². The highest BCUT2D eigenvalue weighted by Crippen LogP contribution is 2.32. The van der Waals surface area contributed by atoms with E-state index in [9.17, 15) is 10.1 Å². The number of hydrogen-bond acceptors (Lipinski definition) is 7. The average molecular weight is 447 g/mol. The number of hydrogen-bond donors (Lipinski definition) is 1. The van der Waals surface area contributed by atoms with E-state index in [1.54, 1.807) is 42.7 Å². The van der Waals surface area contributed by atoms with E-state index in [0.717, 1.165) is 21.1 Å². The molecule has 0 atom stereocenters. The fraction of sp³-hybridized carbons (Fsp3) is 0.130. The maximum absolute atomic E-state index is 12.5. The summed E-state index contributed by atoms with van der Waals surface area (Å²) in [5.41, 5.74) is 2.64. The minimum atomic E-state index is -0.447. The lowest BCUT2D eigenvalue weighted by Crippen LogP contribution is -2.14. The van der Waals surface area contributed by atoms with E-state index in [1.807, 2.05) is 43.3 Å². The highest BCUT2D eigenvalue weighted by Gasteiger charge is 2.15. The van der Waals surface area contributed by atoms with Gasteiger partial charge in [-0.3, -0.25) is 4.79 Å². The molecule has 31 heavy (non-hydrogen) atoms. The van der Waals surface area contributed by atoms with Crippen LogP contribution in [0.5, 0.6) is 5.75 Å². The van der Waals surface area contributed by atoms with Gasteiger partial charge in [0.2, 0.25) is 0 Å². The number of rotatable bonds is 6. The first-order chi connectivity index (χ1) is 15.1. The summed E-state index contributed by atoms with van der Waals surface area (Å²) in [5, 5.41) is 10.9. The fourth-order valence-electron chi connectivity index (χ4n) is 2.98. The smallest absolute Gasteiger partial charge is 0.270 e. The van der Waals surface area contributed by atoms with Crippen molar-refractivity contribution in [3.05, 3.63) is 81.1 Å². The highest BCUT2D eigenvalue weighted by molar-refractivity contribution is 7.98. The van der Waals surface area contributed by atoms with Crippen molar-refractivity contribution in [2.75, 3.05) is 7.11 Å². The van der Waals surface area contributed by atoms with Crippen LogP contribution in [0.2, 0.25) is 0 Å². The Hall–Kier alpha value is -3.41. The van der Waals surface area contributed by atoms with Crippen molar-refractivity contribution in [2.24, 2.45) is 0 Å². The molecular formula is C23H18N4O2S2. The van der Waals surface area contributed by atoms with Crippen LogP contribution in [-0.2, 0) is 5.75 Å². The van der Waals surface area contributed by atoms with E-state index >= 15 is 0 Å². The Morgan fingerprint density at radius 3 is 2.52 bits per heavy atom. The SMILES string of the molecule is COc1ccc(-c2nc(SCc3sc(-c4ccccc4)nc3C)[nH]c(=O)c2C#N)cc1. The van der Waals surface area contributed by atoms with Gasteiger partial charge in [0, 0.05) is 21.8 Å². The number of methoxy groups -OCH3 is 1. The number of ether oxygens (including phenoxy) is 1. The molecule has 0 unspecified atom stereocenters. The Balaban J connectivity index is 1.61. The van der Waals surface area contributed by atoms with Crippen LogP contribution in [0.4, 0.5) is 0 Å². The predicted octanol–water partition coefficient (Wildman–Crippen LogP) is 5.04. The van der Waals surface area contributed by atoms with Gasteiger partial charge in [-0.15, -0.1) is 11.3 Å². The Kier molecular flexibility index (Phi) is 6.16. The largest absolute Gasteiger partial charge is 0.497 e. The Morgan fingerprint density at radius 1 is 1.10 bits per heavy atom. The second-order valence-corrected chi connectivity index (χ2v) is 8.66. The molecule has 2 aromatic heterocycles. The van der Waals surface area contributed by atoms with Crippen molar-refractivity contribution >= 4 is 23.1 Å². The second kappa shape index (κ2) is 9.16. The van der Waals surface area contributed by atoms with Crippen molar-refractivity contribution in [2.45, 2.75) is 17.8 Å². The number of nitrogens with zero attached hydrogens (tertiary/aromatic N) is 3. The van der Waals surface area contributed by atoms with Gasteiger partial charge in [0.05, 0.1) is 18.5 Å². The monoisotopic (exact) mass is 446 g/mol. The van der Waals surface area contributed by atoms with Crippen LogP contribution in [0.15, 0.2) is 64.5 Å². The van der Waals surface area contributed by atoms with Crippen LogP contribution in [0, 0.1) is 18.3 Å². The van der Waals surface area contributed by atoms with Crippen molar-refractivity contribution in [1.82, 2.24) is 15.0 Å². The third-order valence-electron chi connectivity index (χ3n) is 4.63. The average Bonchev–Trinajstić information content (AvgIpc) is 3.18. The summed E-state index contributed by atoms with van der Waals surface area (Å²) in [7, 11) is 1.58. The molecule has 0 radical (unpaired) electrons. The molecule has 2 heterocycles. The lowest BCUT2D eigenvalue weighted by atomic mass is 10.1. The standard InChI is InChI=1S/C23H18N4O2S2/c1-14-19(31-22(25-14)16-6-4-3-5-7-16)13-30-23-26-20(18(12-24)21(28)27-23)15-8-10-17(29-2)11-9-15/h3-11H,13H2,1-2H3,(H,26,27,28). The fourth-order valence-corrected chi connectivity index (χ4v) is 5.06. The van der Waals surface area contributed by atoms with Crippen LogP contribution >= 0.6 is 23.1 Å². The molecule has 0 saturated carbocycles. The van der Waals surface area contributed by atoms with Gasteiger partial charge >= 0.3 is 0 Å². The molecular weight excluding hydrogens is 428 g/mol. The van der Waals surface area contributed by atoms with E-state index in [4.69, 9.17) is 4.74 Å². The van der Waals surface area contributed by atoms with E-state index in [2.05, 4.69) is 15.0 Å². The van der Waals surface area contributed by atoms with E-state index in [1.165, 1.54) is 11.8 Å². The maximum atomic E-state index is 12.5. The zero-order valence-corrected chi connectivity index (χ0v) is 18.5. The minimum Gasteiger partial charge on any atom is -0.497 e. The summed E-state index contributed by atoms with van der Waals surface area (Å²) in [4.78, 5) is 25.6. The normalized spacial score (nSPS) is 10.6. The summed E-state index contributed by atoms with van der Waals surface area (Å²) in [6.07, 6.45) is 0. The first-order valence-electron chi connectivity index (χ1n) is 9.42. The summed E-state index contributed by atoms with van der Waals surface area (Å²) >= 11 is 3.05. The molecule has 0 aliphatic rings. The molecule has 0 saturated heterocycles. The van der Waals surface area contributed by atoms with Crippen LogP contribution in [-0.4, -0.2) is 22.1 Å². The number of aromatic amines is 1. The molecule has 0 aliphatic heterocycles. The van der Waals surface area contributed by atoms with Crippen molar-refractivity contribution in [3.63, 3.8) is 0 Å². The number of thioether (sulfide) groups is 1. The molecule has 4 aromatic rings. The topological polar surface area (TPSA) is 91.7 Å². The zero-order chi connectivity index (χ0) is 21.8. The molecule has 4 rings (SSSR count). The molecule has 8 heteroatoms. The van der Waals surface area contributed by atoms with E-state index < -0.39 is 5.56 Å². The maximum Gasteiger partial charge on any atom is 0.270 e. The summed E-state index contributed by atoms with van der Waals surface area (Å²) in [6.45, 7) is 1.98. The highest BCUT2D eigenvalue weighted by atomic mass is 32.2. The van der Waals surface area contributed by atoms with E-state index in [0.29, 0.717) is 27.9 Å². The zero-order valence-electron chi connectivity index (χ0n) is 16.9. The molecule has 0 aliphatic carbocycles. The first-order valence-corrected chi connectivity index (χ1v) is 11.2. The van der Waals surface area contributed by atoms with Gasteiger partial charge in [0.15, 0.2) is 5.16 Å². The minimum absolute atomic E-state index is 0.00477. The molecule has 6 nitrogen and oxygen atoms in total. The molecule has 2 aromatic carbocycles. The molecule has 1 N–H and O–H groups in total. The molecule has 0 spiro atoms.